The Labute approximate surface area is 170 Å². The van der Waals surface area contributed by atoms with E-state index >= 15 is 0 Å². The van der Waals surface area contributed by atoms with E-state index in [9.17, 15) is 18.0 Å². The first-order valence-corrected chi connectivity index (χ1v) is 11.2. The monoisotopic (exact) mass is 409 g/mol. The normalized spacial score (nSPS) is 38.9. The molecule has 1 amide bonds. The van der Waals surface area contributed by atoms with Gasteiger partial charge in [-0.05, 0) is 87.7 Å². The quantitative estimate of drug-likeness (QED) is 0.616. The number of rotatable bonds is 4. The molecule has 0 aromatic carbocycles. The molecule has 5 fully saturated rings. The number of furan rings is 1. The molecule has 1 heterocycles. The standard InChI is InChI=1S/C23H30F3NO2/c24-23(25,26)19-4-1-3-18(10-19)21(28)27(14-20-5-2-6-29-20)22-11-15-7-16(12-22)9-17(8-15)13-22/h2,5-6,15-19H,1,3-4,7-14H2. The number of halogens is 3. The smallest absolute Gasteiger partial charge is 0.391 e. The molecule has 3 nitrogen and oxygen atoms in total. The van der Waals surface area contributed by atoms with Crippen LogP contribution in [-0.4, -0.2) is 22.5 Å². The Balaban J connectivity index is 1.42. The van der Waals surface area contributed by atoms with Gasteiger partial charge >= 0.3 is 6.18 Å². The average molecular weight is 409 g/mol. The molecule has 4 bridgehead atoms. The van der Waals surface area contributed by atoms with Crippen molar-refractivity contribution in [2.45, 2.75) is 82.5 Å². The fourth-order valence-electron chi connectivity index (χ4n) is 7.37. The number of hydrogen-bond acceptors (Lipinski definition) is 2. The first-order valence-electron chi connectivity index (χ1n) is 11.2. The van der Waals surface area contributed by atoms with Crippen LogP contribution in [0.3, 0.4) is 0 Å². The van der Waals surface area contributed by atoms with E-state index < -0.39 is 18.0 Å². The second-order valence-electron chi connectivity index (χ2n) is 10.2. The summed E-state index contributed by atoms with van der Waals surface area (Å²) in [5.74, 6) is 0.826. The molecule has 5 aliphatic carbocycles. The van der Waals surface area contributed by atoms with Crippen molar-refractivity contribution in [2.24, 2.45) is 29.6 Å². The van der Waals surface area contributed by atoms with Gasteiger partial charge in [0.25, 0.3) is 0 Å². The lowest BCUT2D eigenvalue weighted by Gasteiger charge is -2.60. The maximum atomic E-state index is 13.7. The molecule has 1 aromatic rings. The molecule has 0 aliphatic heterocycles. The van der Waals surface area contributed by atoms with E-state index in [1.807, 2.05) is 17.0 Å². The second-order valence-corrected chi connectivity index (χ2v) is 10.2. The molecule has 0 spiro atoms. The Hall–Kier alpha value is -1.46. The number of nitrogens with zero attached hydrogens (tertiary/aromatic N) is 1. The van der Waals surface area contributed by atoms with Crippen LogP contribution in [-0.2, 0) is 11.3 Å². The Bertz CT molecular complexity index is 707. The minimum atomic E-state index is -4.20. The molecule has 5 aliphatic rings. The Morgan fingerprint density at radius 1 is 1.07 bits per heavy atom. The topological polar surface area (TPSA) is 33.5 Å². The van der Waals surface area contributed by atoms with Crippen molar-refractivity contribution >= 4 is 5.91 Å². The highest BCUT2D eigenvalue weighted by atomic mass is 19.4. The first-order chi connectivity index (χ1) is 13.8. The minimum absolute atomic E-state index is 0.0522. The maximum Gasteiger partial charge on any atom is 0.391 e. The number of carbonyl (C=O) groups is 1. The Morgan fingerprint density at radius 2 is 1.72 bits per heavy atom. The van der Waals surface area contributed by atoms with Gasteiger partial charge in [-0.2, -0.15) is 13.2 Å². The third-order valence-electron chi connectivity index (χ3n) is 8.22. The van der Waals surface area contributed by atoms with Gasteiger partial charge in [0.15, 0.2) is 0 Å². The van der Waals surface area contributed by atoms with Crippen LogP contribution in [0.15, 0.2) is 22.8 Å². The van der Waals surface area contributed by atoms with E-state index in [0.717, 1.165) is 25.0 Å². The Morgan fingerprint density at radius 3 is 2.28 bits per heavy atom. The lowest BCUT2D eigenvalue weighted by atomic mass is 9.52. The van der Waals surface area contributed by atoms with Crippen LogP contribution in [0, 0.1) is 29.6 Å². The van der Waals surface area contributed by atoms with Crippen molar-refractivity contribution < 1.29 is 22.4 Å². The van der Waals surface area contributed by atoms with Crippen LogP contribution >= 0.6 is 0 Å². The van der Waals surface area contributed by atoms with Crippen molar-refractivity contribution in [3.8, 4) is 0 Å². The number of carbonyl (C=O) groups excluding carboxylic acids is 1. The lowest BCUT2D eigenvalue weighted by Crippen LogP contribution is -2.62. The average Bonchev–Trinajstić information content (AvgIpc) is 3.17. The predicted octanol–water partition coefficient (Wildman–Crippen LogP) is 5.95. The van der Waals surface area contributed by atoms with Gasteiger partial charge < -0.3 is 9.32 Å². The molecule has 0 radical (unpaired) electrons. The van der Waals surface area contributed by atoms with Crippen molar-refractivity contribution in [1.29, 1.82) is 0 Å². The number of amides is 1. The van der Waals surface area contributed by atoms with E-state index in [1.165, 1.54) is 19.3 Å². The molecule has 160 valence electrons. The Kier molecular flexibility index (Phi) is 4.74. The summed E-state index contributed by atoms with van der Waals surface area (Å²) in [6.07, 6.45) is 5.41. The van der Waals surface area contributed by atoms with Crippen LogP contribution in [0.5, 0.6) is 0 Å². The van der Waals surface area contributed by atoms with Crippen molar-refractivity contribution in [3.63, 3.8) is 0 Å². The molecule has 6 heteroatoms. The van der Waals surface area contributed by atoms with Crippen LogP contribution < -0.4 is 0 Å². The molecule has 5 saturated carbocycles. The van der Waals surface area contributed by atoms with Gasteiger partial charge in [-0.3, -0.25) is 4.79 Å². The van der Waals surface area contributed by atoms with Gasteiger partial charge in [-0.1, -0.05) is 6.42 Å². The largest absolute Gasteiger partial charge is 0.467 e. The zero-order valence-electron chi connectivity index (χ0n) is 16.8. The van der Waals surface area contributed by atoms with Crippen LogP contribution in [0.2, 0.25) is 0 Å². The first kappa shape index (κ1) is 19.5. The fourth-order valence-corrected chi connectivity index (χ4v) is 7.37. The van der Waals surface area contributed by atoms with E-state index in [4.69, 9.17) is 4.42 Å². The highest BCUT2D eigenvalue weighted by molar-refractivity contribution is 5.80. The molecular formula is C23H30F3NO2. The summed E-state index contributed by atoms with van der Waals surface area (Å²) in [6.45, 7) is 0.394. The molecule has 0 N–H and O–H groups in total. The van der Waals surface area contributed by atoms with Gasteiger partial charge in [0.1, 0.15) is 5.76 Å². The predicted molar refractivity (Wildman–Crippen MR) is 102 cm³/mol. The molecule has 2 atom stereocenters. The summed E-state index contributed by atoms with van der Waals surface area (Å²) in [6, 6.07) is 3.69. The van der Waals surface area contributed by atoms with Gasteiger partial charge in [0.2, 0.25) is 5.91 Å². The number of alkyl halides is 3. The second kappa shape index (κ2) is 7.05. The third-order valence-corrected chi connectivity index (χ3v) is 8.22. The van der Waals surface area contributed by atoms with Crippen LogP contribution in [0.4, 0.5) is 13.2 Å². The van der Waals surface area contributed by atoms with Gasteiger partial charge in [0.05, 0.1) is 18.7 Å². The molecular weight excluding hydrogens is 379 g/mol. The van der Waals surface area contributed by atoms with Gasteiger partial charge in [-0.25, -0.2) is 0 Å². The third kappa shape index (κ3) is 3.61. The van der Waals surface area contributed by atoms with E-state index in [-0.39, 0.29) is 24.3 Å². The maximum absolute atomic E-state index is 13.7. The van der Waals surface area contributed by atoms with Gasteiger partial charge in [-0.15, -0.1) is 0 Å². The van der Waals surface area contributed by atoms with E-state index in [0.29, 0.717) is 37.1 Å². The molecule has 6 rings (SSSR count). The van der Waals surface area contributed by atoms with E-state index in [2.05, 4.69) is 0 Å². The van der Waals surface area contributed by atoms with Crippen molar-refractivity contribution in [3.05, 3.63) is 24.2 Å². The summed E-state index contributed by atoms with van der Waals surface area (Å²) >= 11 is 0. The fraction of sp³-hybridized carbons (Fsp3) is 0.783. The zero-order chi connectivity index (χ0) is 20.2. The zero-order valence-corrected chi connectivity index (χ0v) is 16.8. The number of hydrogen-bond donors (Lipinski definition) is 0. The summed E-state index contributed by atoms with van der Waals surface area (Å²) in [5, 5.41) is 0. The summed E-state index contributed by atoms with van der Waals surface area (Å²) in [5.41, 5.74) is -0.177. The summed E-state index contributed by atoms with van der Waals surface area (Å²) in [7, 11) is 0. The summed E-state index contributed by atoms with van der Waals surface area (Å²) in [4.78, 5) is 15.7. The highest BCUT2D eigenvalue weighted by Gasteiger charge is 2.56. The van der Waals surface area contributed by atoms with Crippen molar-refractivity contribution in [1.82, 2.24) is 4.90 Å². The molecule has 2 unspecified atom stereocenters. The van der Waals surface area contributed by atoms with E-state index in [1.54, 1.807) is 6.26 Å². The van der Waals surface area contributed by atoms with Crippen LogP contribution in [0.1, 0.15) is 70.0 Å². The van der Waals surface area contributed by atoms with Gasteiger partial charge in [0, 0.05) is 11.5 Å². The highest BCUT2D eigenvalue weighted by Crippen LogP contribution is 2.58. The molecule has 1 aromatic heterocycles. The molecule has 0 saturated heterocycles. The van der Waals surface area contributed by atoms with Crippen LogP contribution in [0.25, 0.3) is 0 Å². The SMILES string of the molecule is O=C(C1CCCC(C(F)(F)F)C1)N(Cc1ccco1)C12CC3CC(CC(C3)C1)C2. The minimum Gasteiger partial charge on any atom is -0.467 e. The summed E-state index contributed by atoms with van der Waals surface area (Å²) < 4.78 is 45.6. The molecule has 29 heavy (non-hydrogen) atoms. The van der Waals surface area contributed by atoms with Crippen molar-refractivity contribution in [2.75, 3.05) is 0 Å². The lowest BCUT2D eigenvalue weighted by molar-refractivity contribution is -0.189.